The summed E-state index contributed by atoms with van der Waals surface area (Å²) in [6, 6.07) is 10.2. The van der Waals surface area contributed by atoms with E-state index in [1.165, 1.54) is 0 Å². The average Bonchev–Trinajstić information content (AvgIpc) is 2.18. The van der Waals surface area contributed by atoms with E-state index in [2.05, 4.69) is 30.2 Å². The van der Waals surface area contributed by atoms with E-state index in [0.717, 1.165) is 17.8 Å². The van der Waals surface area contributed by atoms with Gasteiger partial charge in [0.2, 0.25) is 0 Å². The molecule has 0 spiro atoms. The van der Waals surface area contributed by atoms with Crippen molar-refractivity contribution in [3.05, 3.63) is 55.1 Å². The lowest BCUT2D eigenvalue weighted by atomic mass is 10.1. The lowest BCUT2D eigenvalue weighted by molar-refractivity contribution is 0.538. The Bertz CT molecular complexity index is 287. The highest BCUT2D eigenvalue weighted by Crippen LogP contribution is 2.14. The Hall–Kier alpha value is -1.50. The van der Waals surface area contributed by atoms with Crippen LogP contribution in [0.2, 0.25) is 0 Å². The summed E-state index contributed by atoms with van der Waals surface area (Å²) in [5, 5.41) is 0. The fourth-order valence-electron chi connectivity index (χ4n) is 1.15. The Kier molecular flexibility index (Phi) is 3.32. The summed E-state index contributed by atoms with van der Waals surface area (Å²) in [5.41, 5.74) is 2.19. The smallest absolute Gasteiger partial charge is 0.0367 e. The summed E-state index contributed by atoms with van der Waals surface area (Å²) in [6.45, 7) is 8.54. The first kappa shape index (κ1) is 9.59. The van der Waals surface area contributed by atoms with E-state index in [-0.39, 0.29) is 0 Å². The van der Waals surface area contributed by atoms with Crippen molar-refractivity contribution in [3.63, 3.8) is 0 Å². The van der Waals surface area contributed by atoms with Gasteiger partial charge in [-0.25, -0.2) is 0 Å². The van der Waals surface area contributed by atoms with Gasteiger partial charge in [-0.05, 0) is 5.56 Å². The van der Waals surface area contributed by atoms with Crippen LogP contribution in [0.15, 0.2) is 49.6 Å². The van der Waals surface area contributed by atoms with Crippen molar-refractivity contribution in [2.75, 3.05) is 13.6 Å². The molecule has 1 aromatic rings. The first-order valence-corrected chi connectivity index (χ1v) is 4.32. The average molecular weight is 173 g/mol. The maximum atomic E-state index is 4.02. The Labute approximate surface area is 80.0 Å². The summed E-state index contributed by atoms with van der Waals surface area (Å²) in [5.74, 6) is 0. The molecule has 0 aliphatic carbocycles. The van der Waals surface area contributed by atoms with Crippen LogP contribution in [-0.4, -0.2) is 18.5 Å². The van der Waals surface area contributed by atoms with Crippen LogP contribution in [0.5, 0.6) is 0 Å². The molecule has 13 heavy (non-hydrogen) atoms. The highest BCUT2D eigenvalue weighted by molar-refractivity contribution is 5.61. The first-order valence-electron chi connectivity index (χ1n) is 4.32. The normalized spacial score (nSPS) is 9.31. The number of nitrogens with zero attached hydrogens (tertiary/aromatic N) is 1. The molecule has 0 unspecified atom stereocenters. The molecule has 1 rings (SSSR count). The molecule has 68 valence electrons. The summed E-state index contributed by atoms with van der Waals surface area (Å²) >= 11 is 0. The number of rotatable bonds is 4. The van der Waals surface area contributed by atoms with Gasteiger partial charge < -0.3 is 4.90 Å². The Morgan fingerprint density at radius 3 is 2.54 bits per heavy atom. The highest BCUT2D eigenvalue weighted by atomic mass is 15.1. The largest absolute Gasteiger partial charge is 0.371 e. The van der Waals surface area contributed by atoms with E-state index in [0.29, 0.717) is 0 Å². The first-order chi connectivity index (χ1) is 6.25. The van der Waals surface area contributed by atoms with Crippen molar-refractivity contribution in [1.82, 2.24) is 4.90 Å². The zero-order chi connectivity index (χ0) is 9.68. The highest BCUT2D eigenvalue weighted by Gasteiger charge is 2.01. The topological polar surface area (TPSA) is 3.24 Å². The van der Waals surface area contributed by atoms with E-state index in [1.807, 2.05) is 31.3 Å². The minimum Gasteiger partial charge on any atom is -0.371 e. The van der Waals surface area contributed by atoms with Crippen LogP contribution in [0.1, 0.15) is 5.56 Å². The zero-order valence-electron chi connectivity index (χ0n) is 8.03. The quantitative estimate of drug-likeness (QED) is 0.633. The van der Waals surface area contributed by atoms with Crippen LogP contribution in [0.4, 0.5) is 0 Å². The van der Waals surface area contributed by atoms with Gasteiger partial charge in [0.05, 0.1) is 0 Å². The molecular formula is C12H15N. The fourth-order valence-corrected chi connectivity index (χ4v) is 1.15. The second kappa shape index (κ2) is 4.51. The van der Waals surface area contributed by atoms with Crippen molar-refractivity contribution in [3.8, 4) is 0 Å². The lowest BCUT2D eigenvalue weighted by Crippen LogP contribution is -2.15. The van der Waals surface area contributed by atoms with Gasteiger partial charge in [0.15, 0.2) is 0 Å². The van der Waals surface area contributed by atoms with Crippen molar-refractivity contribution in [2.24, 2.45) is 0 Å². The predicted octanol–water partition coefficient (Wildman–Crippen LogP) is 2.78. The van der Waals surface area contributed by atoms with Crippen LogP contribution in [0.3, 0.4) is 0 Å². The van der Waals surface area contributed by atoms with Crippen molar-refractivity contribution in [1.29, 1.82) is 0 Å². The molecule has 0 bridgehead atoms. The summed E-state index contributed by atoms with van der Waals surface area (Å²) in [6.07, 6.45) is 1.87. The van der Waals surface area contributed by atoms with Gasteiger partial charge in [-0.3, -0.25) is 0 Å². The van der Waals surface area contributed by atoms with E-state index in [4.69, 9.17) is 0 Å². The van der Waals surface area contributed by atoms with Crippen molar-refractivity contribution < 1.29 is 0 Å². The SMILES string of the molecule is C=CCN(C)C(=C)c1ccccc1. The molecule has 0 aliphatic rings. The fraction of sp³-hybridized carbons (Fsp3) is 0.167. The molecule has 0 saturated heterocycles. The van der Waals surface area contributed by atoms with Crippen LogP contribution in [-0.2, 0) is 0 Å². The molecule has 0 fully saturated rings. The Balaban J connectivity index is 2.73. The van der Waals surface area contributed by atoms with E-state index in [1.54, 1.807) is 0 Å². The second-order valence-corrected chi connectivity index (χ2v) is 2.98. The van der Waals surface area contributed by atoms with Gasteiger partial charge in [0.1, 0.15) is 0 Å². The third-order valence-corrected chi connectivity index (χ3v) is 1.97. The summed E-state index contributed by atoms with van der Waals surface area (Å²) in [7, 11) is 2.01. The maximum absolute atomic E-state index is 4.02. The minimum atomic E-state index is 0.827. The van der Waals surface area contributed by atoms with E-state index in [9.17, 15) is 0 Å². The van der Waals surface area contributed by atoms with Crippen LogP contribution in [0.25, 0.3) is 5.70 Å². The molecule has 0 aliphatic heterocycles. The maximum Gasteiger partial charge on any atom is 0.0367 e. The number of hydrogen-bond acceptors (Lipinski definition) is 1. The lowest BCUT2D eigenvalue weighted by Gasteiger charge is -2.19. The van der Waals surface area contributed by atoms with E-state index < -0.39 is 0 Å². The van der Waals surface area contributed by atoms with Crippen LogP contribution in [0, 0.1) is 0 Å². The standard InChI is InChI=1S/C12H15N/c1-4-10-13(3)11(2)12-8-6-5-7-9-12/h4-9H,1-2,10H2,3H3. The van der Waals surface area contributed by atoms with Gasteiger partial charge >= 0.3 is 0 Å². The molecule has 0 saturated carbocycles. The van der Waals surface area contributed by atoms with Gasteiger partial charge in [0, 0.05) is 19.3 Å². The molecule has 1 nitrogen and oxygen atoms in total. The van der Waals surface area contributed by atoms with Crippen LogP contribution < -0.4 is 0 Å². The van der Waals surface area contributed by atoms with Crippen LogP contribution >= 0.6 is 0 Å². The third kappa shape index (κ3) is 2.48. The molecule has 0 atom stereocenters. The number of hydrogen-bond donors (Lipinski definition) is 0. The molecule has 0 aromatic heterocycles. The molecule has 1 heteroatoms. The summed E-state index contributed by atoms with van der Waals surface area (Å²) < 4.78 is 0. The number of benzene rings is 1. The molecular weight excluding hydrogens is 158 g/mol. The monoisotopic (exact) mass is 173 g/mol. The van der Waals surface area contributed by atoms with E-state index >= 15 is 0 Å². The van der Waals surface area contributed by atoms with Crippen molar-refractivity contribution in [2.45, 2.75) is 0 Å². The predicted molar refractivity (Wildman–Crippen MR) is 58.3 cm³/mol. The molecule has 0 amide bonds. The molecule has 1 aromatic carbocycles. The second-order valence-electron chi connectivity index (χ2n) is 2.98. The minimum absolute atomic E-state index is 0.827. The van der Waals surface area contributed by atoms with Crippen molar-refractivity contribution >= 4 is 5.70 Å². The molecule has 0 heterocycles. The van der Waals surface area contributed by atoms with Gasteiger partial charge in [-0.2, -0.15) is 0 Å². The van der Waals surface area contributed by atoms with Gasteiger partial charge in [-0.1, -0.05) is 43.0 Å². The van der Waals surface area contributed by atoms with Gasteiger partial charge in [-0.15, -0.1) is 6.58 Å². The molecule has 0 N–H and O–H groups in total. The third-order valence-electron chi connectivity index (χ3n) is 1.97. The Morgan fingerprint density at radius 2 is 2.00 bits per heavy atom. The van der Waals surface area contributed by atoms with Gasteiger partial charge in [0.25, 0.3) is 0 Å². The molecule has 0 radical (unpaired) electrons. The zero-order valence-corrected chi connectivity index (χ0v) is 8.03. The number of likely N-dealkylation sites (N-methyl/N-ethyl adjacent to an activating group) is 1. The summed E-state index contributed by atoms with van der Waals surface area (Å²) in [4.78, 5) is 2.07. The Morgan fingerprint density at radius 1 is 1.38 bits per heavy atom.